The first kappa shape index (κ1) is 9.73. The first-order valence-electron chi connectivity index (χ1n) is 5.21. The Balaban J connectivity index is 2.40. The summed E-state index contributed by atoms with van der Waals surface area (Å²) in [7, 11) is 0. The van der Waals surface area contributed by atoms with E-state index in [2.05, 4.69) is 0 Å². The lowest BCUT2D eigenvalue weighted by Gasteiger charge is -2.19. The lowest BCUT2D eigenvalue weighted by Crippen LogP contribution is -2.27. The van der Waals surface area contributed by atoms with E-state index in [1.807, 2.05) is 12.1 Å². The molecule has 0 atom stereocenters. The molecule has 82 valence electrons. The van der Waals surface area contributed by atoms with Gasteiger partial charge in [-0.05, 0) is 23.9 Å². The van der Waals surface area contributed by atoms with E-state index in [-0.39, 0.29) is 5.56 Å². The molecule has 2 aromatic rings. The predicted octanol–water partition coefficient (Wildman–Crippen LogP) is 2.44. The summed E-state index contributed by atoms with van der Waals surface area (Å²) in [5.41, 5.74) is -0.0188. The number of benzene rings is 1. The third-order valence-electron chi connectivity index (χ3n) is 2.81. The Morgan fingerprint density at radius 2 is 2.19 bits per heavy atom. The van der Waals surface area contributed by atoms with E-state index in [9.17, 15) is 4.79 Å². The molecule has 3 rings (SSSR count). The third kappa shape index (κ3) is 1.39. The zero-order valence-electron chi connectivity index (χ0n) is 8.57. The maximum absolute atomic E-state index is 12.1. The van der Waals surface area contributed by atoms with Crippen molar-refractivity contribution in [1.29, 1.82) is 0 Å². The predicted molar refractivity (Wildman–Crippen MR) is 63.3 cm³/mol. The van der Waals surface area contributed by atoms with Crippen molar-refractivity contribution in [2.45, 2.75) is 13.0 Å². The Morgan fingerprint density at radius 1 is 1.31 bits per heavy atom. The highest BCUT2D eigenvalue weighted by molar-refractivity contribution is 6.31. The highest BCUT2D eigenvalue weighted by Gasteiger charge is 2.13. The standard InChI is InChI=1S/C12H10ClNO2/c13-9-3-2-8-6-11-14(4-1-5-16-11)12(15)10(8)7-9/h2-3,6-7H,1,4-5H2. The summed E-state index contributed by atoms with van der Waals surface area (Å²) in [6.45, 7) is 1.40. The van der Waals surface area contributed by atoms with Gasteiger partial charge in [0.15, 0.2) is 5.88 Å². The molecule has 0 unspecified atom stereocenters. The topological polar surface area (TPSA) is 31.2 Å². The molecule has 1 aromatic heterocycles. The van der Waals surface area contributed by atoms with E-state index in [4.69, 9.17) is 16.3 Å². The van der Waals surface area contributed by atoms with Crippen LogP contribution in [0.2, 0.25) is 5.02 Å². The molecular weight excluding hydrogens is 226 g/mol. The van der Waals surface area contributed by atoms with Gasteiger partial charge in [0.2, 0.25) is 0 Å². The van der Waals surface area contributed by atoms with E-state index in [0.29, 0.717) is 22.9 Å². The Morgan fingerprint density at radius 3 is 3.06 bits per heavy atom. The fraction of sp³-hybridized carbons (Fsp3) is 0.250. The molecule has 1 aliphatic rings. The van der Waals surface area contributed by atoms with Crippen molar-refractivity contribution in [3.8, 4) is 5.88 Å². The number of hydrogen-bond donors (Lipinski definition) is 0. The number of halogens is 1. The Kier molecular flexibility index (Phi) is 2.14. The minimum absolute atomic E-state index is 0.0188. The van der Waals surface area contributed by atoms with Crippen LogP contribution < -0.4 is 10.3 Å². The van der Waals surface area contributed by atoms with Gasteiger partial charge < -0.3 is 4.74 Å². The van der Waals surface area contributed by atoms with Crippen LogP contribution in [0.25, 0.3) is 10.8 Å². The van der Waals surface area contributed by atoms with Crippen LogP contribution in [0.15, 0.2) is 29.1 Å². The van der Waals surface area contributed by atoms with Crippen molar-refractivity contribution < 1.29 is 4.74 Å². The van der Waals surface area contributed by atoms with Crippen LogP contribution in [-0.4, -0.2) is 11.2 Å². The normalized spacial score (nSPS) is 14.6. The molecule has 0 saturated carbocycles. The van der Waals surface area contributed by atoms with Gasteiger partial charge in [-0.25, -0.2) is 0 Å². The van der Waals surface area contributed by atoms with Gasteiger partial charge in [0.25, 0.3) is 5.56 Å². The van der Waals surface area contributed by atoms with Gasteiger partial charge in [0.1, 0.15) is 0 Å². The van der Waals surface area contributed by atoms with Crippen LogP contribution in [0.4, 0.5) is 0 Å². The van der Waals surface area contributed by atoms with E-state index < -0.39 is 0 Å². The Bertz CT molecular complexity index is 618. The van der Waals surface area contributed by atoms with Crippen LogP contribution >= 0.6 is 11.6 Å². The molecule has 3 nitrogen and oxygen atoms in total. The zero-order valence-corrected chi connectivity index (χ0v) is 9.33. The van der Waals surface area contributed by atoms with Crippen molar-refractivity contribution in [1.82, 2.24) is 4.57 Å². The second-order valence-corrected chi connectivity index (χ2v) is 4.31. The van der Waals surface area contributed by atoms with Gasteiger partial charge in [-0.1, -0.05) is 17.7 Å². The summed E-state index contributed by atoms with van der Waals surface area (Å²) < 4.78 is 7.14. The zero-order chi connectivity index (χ0) is 11.1. The maximum Gasteiger partial charge on any atom is 0.261 e. The summed E-state index contributed by atoms with van der Waals surface area (Å²) in [5.74, 6) is 0.658. The van der Waals surface area contributed by atoms with E-state index in [1.165, 1.54) is 0 Å². The van der Waals surface area contributed by atoms with Crippen molar-refractivity contribution in [3.05, 3.63) is 39.6 Å². The number of ether oxygens (including phenoxy) is 1. The Labute approximate surface area is 97.2 Å². The van der Waals surface area contributed by atoms with Gasteiger partial charge in [-0.3, -0.25) is 9.36 Å². The second kappa shape index (κ2) is 3.52. The molecule has 0 aliphatic carbocycles. The minimum atomic E-state index is -0.0188. The molecule has 0 radical (unpaired) electrons. The third-order valence-corrected chi connectivity index (χ3v) is 3.05. The summed E-state index contributed by atoms with van der Waals surface area (Å²) >= 11 is 5.89. The number of fused-ring (bicyclic) bond motifs is 2. The summed E-state index contributed by atoms with van der Waals surface area (Å²) in [6, 6.07) is 7.23. The van der Waals surface area contributed by atoms with E-state index in [1.54, 1.807) is 16.7 Å². The average molecular weight is 236 g/mol. The van der Waals surface area contributed by atoms with Crippen LogP contribution in [0.5, 0.6) is 5.88 Å². The van der Waals surface area contributed by atoms with Gasteiger partial charge in [0.05, 0.1) is 6.61 Å². The number of hydrogen-bond acceptors (Lipinski definition) is 2. The molecule has 0 N–H and O–H groups in total. The molecular formula is C12H10ClNO2. The monoisotopic (exact) mass is 235 g/mol. The molecule has 1 aliphatic heterocycles. The van der Waals surface area contributed by atoms with E-state index in [0.717, 1.165) is 18.4 Å². The van der Waals surface area contributed by atoms with Crippen molar-refractivity contribution in [3.63, 3.8) is 0 Å². The molecule has 0 fully saturated rings. The van der Waals surface area contributed by atoms with Crippen LogP contribution in [0.3, 0.4) is 0 Å². The second-order valence-electron chi connectivity index (χ2n) is 3.87. The number of pyridine rings is 1. The van der Waals surface area contributed by atoms with Crippen LogP contribution in [0, 0.1) is 0 Å². The van der Waals surface area contributed by atoms with Gasteiger partial charge in [0, 0.05) is 23.0 Å². The first-order chi connectivity index (χ1) is 7.75. The highest BCUT2D eigenvalue weighted by atomic mass is 35.5. The molecule has 0 bridgehead atoms. The summed E-state index contributed by atoms with van der Waals surface area (Å²) in [4.78, 5) is 12.1. The minimum Gasteiger partial charge on any atom is -0.479 e. The lowest BCUT2D eigenvalue weighted by molar-refractivity contribution is 0.236. The lowest BCUT2D eigenvalue weighted by atomic mass is 10.1. The van der Waals surface area contributed by atoms with Crippen molar-refractivity contribution in [2.24, 2.45) is 0 Å². The number of rotatable bonds is 0. The Hall–Kier alpha value is -1.48. The molecule has 1 aromatic carbocycles. The van der Waals surface area contributed by atoms with Gasteiger partial charge >= 0.3 is 0 Å². The van der Waals surface area contributed by atoms with Crippen LogP contribution in [-0.2, 0) is 6.54 Å². The molecule has 2 heterocycles. The largest absolute Gasteiger partial charge is 0.479 e. The van der Waals surface area contributed by atoms with Gasteiger partial charge in [-0.15, -0.1) is 0 Å². The smallest absolute Gasteiger partial charge is 0.261 e. The fourth-order valence-corrected chi connectivity index (χ4v) is 2.20. The number of aromatic nitrogens is 1. The first-order valence-corrected chi connectivity index (χ1v) is 5.59. The average Bonchev–Trinajstić information content (AvgIpc) is 2.31. The van der Waals surface area contributed by atoms with Crippen LogP contribution in [0.1, 0.15) is 6.42 Å². The fourth-order valence-electron chi connectivity index (χ4n) is 2.03. The maximum atomic E-state index is 12.1. The van der Waals surface area contributed by atoms with E-state index >= 15 is 0 Å². The summed E-state index contributed by atoms with van der Waals surface area (Å²) in [6.07, 6.45) is 0.874. The number of nitrogens with zero attached hydrogens (tertiary/aromatic N) is 1. The highest BCUT2D eigenvalue weighted by Crippen LogP contribution is 2.22. The molecule has 0 saturated heterocycles. The van der Waals surface area contributed by atoms with Crippen molar-refractivity contribution in [2.75, 3.05) is 6.61 Å². The van der Waals surface area contributed by atoms with Gasteiger partial charge in [-0.2, -0.15) is 0 Å². The molecule has 0 amide bonds. The SMILES string of the molecule is O=c1c2cc(Cl)ccc2cc2n1CCCO2. The molecule has 4 heteroatoms. The summed E-state index contributed by atoms with van der Waals surface area (Å²) in [5, 5.41) is 2.12. The van der Waals surface area contributed by atoms with Crippen molar-refractivity contribution >= 4 is 22.4 Å². The molecule has 0 spiro atoms. The molecule has 16 heavy (non-hydrogen) atoms. The quantitative estimate of drug-likeness (QED) is 0.702.